The molecule has 1 N–H and O–H groups in total. The van der Waals surface area contributed by atoms with Crippen LogP contribution < -0.4 is 4.74 Å². The second kappa shape index (κ2) is 6.42. The van der Waals surface area contributed by atoms with Gasteiger partial charge >= 0.3 is 5.97 Å². The van der Waals surface area contributed by atoms with Gasteiger partial charge in [-0.3, -0.25) is 4.79 Å². The standard InChI is InChI=1S/C13H14N2O4S/c1-8-4-3-5-10(9(8)2)18-6-11-14-15-13(19-11)20-7-12(16)17/h3-5H,6-7H2,1-2H3,(H,16,17). The van der Waals surface area contributed by atoms with Gasteiger partial charge in [0.25, 0.3) is 11.1 Å². The number of hydrogen-bond acceptors (Lipinski definition) is 6. The second-order valence-electron chi connectivity index (χ2n) is 4.13. The summed E-state index contributed by atoms with van der Waals surface area (Å²) in [7, 11) is 0. The van der Waals surface area contributed by atoms with Crippen LogP contribution in [-0.2, 0) is 11.4 Å². The van der Waals surface area contributed by atoms with Crippen molar-refractivity contribution in [2.24, 2.45) is 0 Å². The highest BCUT2D eigenvalue weighted by atomic mass is 32.2. The summed E-state index contributed by atoms with van der Waals surface area (Å²) < 4.78 is 10.9. The number of aryl methyl sites for hydroxylation is 1. The van der Waals surface area contributed by atoms with Crippen molar-refractivity contribution in [2.45, 2.75) is 25.7 Å². The zero-order chi connectivity index (χ0) is 14.5. The molecule has 1 aromatic heterocycles. The van der Waals surface area contributed by atoms with Crippen LogP contribution in [0.25, 0.3) is 0 Å². The fraction of sp³-hybridized carbons (Fsp3) is 0.308. The number of benzene rings is 1. The first-order chi connectivity index (χ1) is 9.56. The van der Waals surface area contributed by atoms with Crippen molar-refractivity contribution in [3.8, 4) is 5.75 Å². The monoisotopic (exact) mass is 294 g/mol. The van der Waals surface area contributed by atoms with Crippen LogP contribution in [-0.4, -0.2) is 27.0 Å². The minimum absolute atomic E-state index is 0.112. The van der Waals surface area contributed by atoms with E-state index in [9.17, 15) is 4.79 Å². The van der Waals surface area contributed by atoms with E-state index in [1.165, 1.54) is 0 Å². The largest absolute Gasteiger partial charge is 0.484 e. The third kappa shape index (κ3) is 3.74. The number of rotatable bonds is 6. The molecule has 0 fully saturated rings. The van der Waals surface area contributed by atoms with Crippen molar-refractivity contribution < 1.29 is 19.1 Å². The molecule has 1 heterocycles. The van der Waals surface area contributed by atoms with E-state index in [-0.39, 0.29) is 17.6 Å². The van der Waals surface area contributed by atoms with E-state index in [1.807, 2.05) is 32.0 Å². The highest BCUT2D eigenvalue weighted by Gasteiger charge is 2.10. The Morgan fingerprint density at radius 1 is 1.40 bits per heavy atom. The fourth-order valence-corrected chi connectivity index (χ4v) is 2.00. The number of carboxylic acid groups (broad SMARTS) is 1. The molecule has 0 aliphatic carbocycles. The van der Waals surface area contributed by atoms with Crippen LogP contribution in [0.5, 0.6) is 5.75 Å². The first-order valence-electron chi connectivity index (χ1n) is 5.92. The molecule has 0 saturated carbocycles. The fourth-order valence-electron chi connectivity index (χ4n) is 1.50. The summed E-state index contributed by atoms with van der Waals surface area (Å²) in [5.74, 6) is 0.0440. The van der Waals surface area contributed by atoms with E-state index in [1.54, 1.807) is 0 Å². The van der Waals surface area contributed by atoms with Gasteiger partial charge in [0.15, 0.2) is 6.61 Å². The maximum absolute atomic E-state index is 10.4. The predicted molar refractivity (Wildman–Crippen MR) is 72.9 cm³/mol. The molecular formula is C13H14N2O4S. The lowest BCUT2D eigenvalue weighted by Crippen LogP contribution is -1.98. The molecule has 0 spiro atoms. The summed E-state index contributed by atoms with van der Waals surface area (Å²) in [6.07, 6.45) is 0. The number of thioether (sulfide) groups is 1. The number of aliphatic carboxylic acids is 1. The Hall–Kier alpha value is -2.02. The van der Waals surface area contributed by atoms with Crippen LogP contribution in [0.15, 0.2) is 27.8 Å². The zero-order valence-corrected chi connectivity index (χ0v) is 11.9. The highest BCUT2D eigenvalue weighted by Crippen LogP contribution is 2.22. The summed E-state index contributed by atoms with van der Waals surface area (Å²) in [5, 5.41) is 16.3. The van der Waals surface area contributed by atoms with Gasteiger partial charge in [0.05, 0.1) is 0 Å². The molecule has 0 aliphatic rings. The lowest BCUT2D eigenvalue weighted by atomic mass is 10.1. The minimum Gasteiger partial charge on any atom is -0.484 e. The van der Waals surface area contributed by atoms with Crippen LogP contribution in [0.1, 0.15) is 17.0 Å². The van der Waals surface area contributed by atoms with Crippen molar-refractivity contribution in [3.05, 3.63) is 35.2 Å². The number of nitrogens with zero attached hydrogens (tertiary/aromatic N) is 2. The number of hydrogen-bond donors (Lipinski definition) is 1. The van der Waals surface area contributed by atoms with Gasteiger partial charge in [-0.2, -0.15) is 0 Å². The topological polar surface area (TPSA) is 85.5 Å². The van der Waals surface area contributed by atoms with Gasteiger partial charge in [-0.1, -0.05) is 23.9 Å². The van der Waals surface area contributed by atoms with Gasteiger partial charge < -0.3 is 14.3 Å². The van der Waals surface area contributed by atoms with E-state index in [0.717, 1.165) is 28.6 Å². The molecular weight excluding hydrogens is 280 g/mol. The minimum atomic E-state index is -0.929. The molecule has 2 rings (SSSR count). The summed E-state index contributed by atoms with van der Waals surface area (Å²) in [4.78, 5) is 10.4. The summed E-state index contributed by atoms with van der Waals surface area (Å²) >= 11 is 0.981. The third-order valence-electron chi connectivity index (χ3n) is 2.67. The Morgan fingerprint density at radius 2 is 2.20 bits per heavy atom. The van der Waals surface area contributed by atoms with E-state index in [2.05, 4.69) is 10.2 Å². The van der Waals surface area contributed by atoms with Crippen molar-refractivity contribution >= 4 is 17.7 Å². The van der Waals surface area contributed by atoms with Gasteiger partial charge in [0.2, 0.25) is 0 Å². The smallest absolute Gasteiger partial charge is 0.314 e. The van der Waals surface area contributed by atoms with Gasteiger partial charge in [0.1, 0.15) is 11.5 Å². The van der Waals surface area contributed by atoms with E-state index >= 15 is 0 Å². The van der Waals surface area contributed by atoms with Crippen LogP contribution >= 0.6 is 11.8 Å². The number of carboxylic acids is 1. The Morgan fingerprint density at radius 3 is 2.95 bits per heavy atom. The maximum Gasteiger partial charge on any atom is 0.314 e. The van der Waals surface area contributed by atoms with Crippen molar-refractivity contribution in [2.75, 3.05) is 5.75 Å². The molecule has 0 aliphatic heterocycles. The predicted octanol–water partition coefficient (Wildman–Crippen LogP) is 2.44. The molecule has 20 heavy (non-hydrogen) atoms. The number of aromatic nitrogens is 2. The zero-order valence-electron chi connectivity index (χ0n) is 11.1. The molecule has 0 saturated heterocycles. The Balaban J connectivity index is 1.94. The SMILES string of the molecule is Cc1cccc(OCc2nnc(SCC(=O)O)o2)c1C. The summed E-state index contributed by atoms with van der Waals surface area (Å²) in [5.41, 5.74) is 2.21. The first-order valence-corrected chi connectivity index (χ1v) is 6.91. The molecule has 0 radical (unpaired) electrons. The van der Waals surface area contributed by atoms with Gasteiger partial charge in [-0.05, 0) is 31.0 Å². The average Bonchev–Trinajstić information content (AvgIpc) is 2.86. The number of carbonyl (C=O) groups is 1. The maximum atomic E-state index is 10.4. The Kier molecular flexibility index (Phi) is 4.62. The van der Waals surface area contributed by atoms with Gasteiger partial charge in [0, 0.05) is 0 Å². The van der Waals surface area contributed by atoms with Gasteiger partial charge in [-0.15, -0.1) is 10.2 Å². The molecule has 2 aromatic rings. The molecule has 1 aromatic carbocycles. The first kappa shape index (κ1) is 14.4. The molecule has 0 unspecified atom stereocenters. The van der Waals surface area contributed by atoms with E-state index < -0.39 is 5.97 Å². The van der Waals surface area contributed by atoms with Gasteiger partial charge in [-0.25, -0.2) is 0 Å². The van der Waals surface area contributed by atoms with Crippen LogP contribution in [0, 0.1) is 13.8 Å². The summed E-state index contributed by atoms with van der Waals surface area (Å²) in [6, 6.07) is 5.80. The second-order valence-corrected chi connectivity index (χ2v) is 5.06. The molecule has 0 amide bonds. The molecule has 0 atom stereocenters. The lowest BCUT2D eigenvalue weighted by molar-refractivity contribution is -0.133. The van der Waals surface area contributed by atoms with Crippen molar-refractivity contribution in [3.63, 3.8) is 0 Å². The number of ether oxygens (including phenoxy) is 1. The Bertz CT molecular complexity index is 612. The molecule has 0 bridgehead atoms. The average molecular weight is 294 g/mol. The van der Waals surface area contributed by atoms with E-state index in [4.69, 9.17) is 14.3 Å². The van der Waals surface area contributed by atoms with Crippen LogP contribution in [0.3, 0.4) is 0 Å². The van der Waals surface area contributed by atoms with Crippen molar-refractivity contribution in [1.82, 2.24) is 10.2 Å². The molecule has 106 valence electrons. The van der Waals surface area contributed by atoms with Crippen LogP contribution in [0.2, 0.25) is 0 Å². The lowest BCUT2D eigenvalue weighted by Gasteiger charge is -2.08. The van der Waals surface area contributed by atoms with Crippen LogP contribution in [0.4, 0.5) is 0 Å². The third-order valence-corrected chi connectivity index (χ3v) is 3.48. The quantitative estimate of drug-likeness (QED) is 0.819. The Labute approximate surface area is 120 Å². The molecule has 7 heteroatoms. The van der Waals surface area contributed by atoms with E-state index in [0.29, 0.717) is 5.89 Å². The molecule has 6 nitrogen and oxygen atoms in total. The van der Waals surface area contributed by atoms with Crippen molar-refractivity contribution in [1.29, 1.82) is 0 Å². The summed E-state index contributed by atoms with van der Waals surface area (Å²) in [6.45, 7) is 4.15. The normalized spacial score (nSPS) is 10.5. The highest BCUT2D eigenvalue weighted by molar-refractivity contribution is 7.99.